The Kier molecular flexibility index (Phi) is 11.3. The van der Waals surface area contributed by atoms with Gasteiger partial charge >= 0.3 is 11.9 Å². The first-order valence-electron chi connectivity index (χ1n) is 16.3. The number of rotatable bonds is 14. The smallest absolute Gasteiger partial charge is 0.343 e. The molecule has 4 aromatic carbocycles. The number of nitrogens with zero attached hydrogens (tertiary/aromatic N) is 1. The molecule has 0 radical (unpaired) electrons. The topological polar surface area (TPSA) is 97.1 Å². The molecule has 0 atom stereocenters. The highest BCUT2D eigenvalue weighted by Crippen LogP contribution is 2.31. The van der Waals surface area contributed by atoms with Gasteiger partial charge in [-0.3, -0.25) is 0 Å². The molecule has 0 aliphatic rings. The van der Waals surface area contributed by atoms with Gasteiger partial charge in [-0.1, -0.05) is 26.7 Å². The summed E-state index contributed by atoms with van der Waals surface area (Å²) in [7, 11) is 0. The Labute approximate surface area is 281 Å². The van der Waals surface area contributed by atoms with Crippen LogP contribution in [0.3, 0.4) is 0 Å². The van der Waals surface area contributed by atoms with Crippen LogP contribution in [-0.2, 0) is 0 Å². The fourth-order valence-corrected chi connectivity index (χ4v) is 5.06. The van der Waals surface area contributed by atoms with E-state index >= 15 is 0 Å². The molecular weight excluding hydrogens is 606 g/mol. The molecular formula is C40H41NO7. The van der Waals surface area contributed by atoms with E-state index in [0.717, 1.165) is 65.0 Å². The molecule has 0 amide bonds. The van der Waals surface area contributed by atoms with E-state index in [2.05, 4.69) is 18.8 Å². The SMILES string of the molecule is CCCCOc1ccc(C(=O)Oc2ccc(-c3cnc(-c4ccc(OC(=O)c5ccc(OCCCC)cc5C)cc4C)o3)cc2)c(C)c1. The minimum atomic E-state index is -0.438. The lowest BCUT2D eigenvalue weighted by atomic mass is 10.1. The van der Waals surface area contributed by atoms with Gasteiger partial charge in [0.05, 0.1) is 30.5 Å². The van der Waals surface area contributed by atoms with E-state index in [1.54, 1.807) is 54.7 Å². The molecule has 0 N–H and O–H groups in total. The van der Waals surface area contributed by atoms with Crippen molar-refractivity contribution in [1.29, 1.82) is 0 Å². The second kappa shape index (κ2) is 16.0. The highest BCUT2D eigenvalue weighted by atomic mass is 16.5. The van der Waals surface area contributed by atoms with Crippen molar-refractivity contribution in [3.05, 3.63) is 113 Å². The molecule has 248 valence electrons. The molecule has 1 heterocycles. The molecule has 8 heteroatoms. The first kappa shape index (κ1) is 34.0. The number of hydrogen-bond acceptors (Lipinski definition) is 8. The molecule has 5 rings (SSSR count). The second-order valence-electron chi connectivity index (χ2n) is 11.7. The number of unbranched alkanes of at least 4 members (excludes halogenated alkanes) is 2. The molecule has 0 saturated heterocycles. The van der Waals surface area contributed by atoms with Crippen molar-refractivity contribution in [2.45, 2.75) is 60.3 Å². The Bertz CT molecular complexity index is 1870. The van der Waals surface area contributed by atoms with E-state index in [1.165, 1.54) is 0 Å². The lowest BCUT2D eigenvalue weighted by Crippen LogP contribution is -2.10. The molecule has 0 unspecified atom stereocenters. The first-order chi connectivity index (χ1) is 23.2. The monoisotopic (exact) mass is 647 g/mol. The summed E-state index contributed by atoms with van der Waals surface area (Å²) in [5.41, 5.74) is 4.92. The molecule has 8 nitrogen and oxygen atoms in total. The predicted octanol–water partition coefficient (Wildman–Crippen LogP) is 9.73. The number of carbonyl (C=O) groups excluding carboxylic acids is 2. The number of ether oxygens (including phenoxy) is 4. The summed E-state index contributed by atoms with van der Waals surface area (Å²) < 4.78 is 28.9. The van der Waals surface area contributed by atoms with Gasteiger partial charge < -0.3 is 23.4 Å². The normalized spacial score (nSPS) is 10.9. The fraction of sp³-hybridized carbons (Fsp3) is 0.275. The largest absolute Gasteiger partial charge is 0.494 e. The maximum absolute atomic E-state index is 12.9. The zero-order valence-corrected chi connectivity index (χ0v) is 28.1. The van der Waals surface area contributed by atoms with E-state index in [4.69, 9.17) is 23.4 Å². The fourth-order valence-electron chi connectivity index (χ4n) is 5.06. The van der Waals surface area contributed by atoms with Crippen LogP contribution in [0.4, 0.5) is 0 Å². The van der Waals surface area contributed by atoms with Crippen LogP contribution in [0.1, 0.15) is 76.9 Å². The molecule has 0 saturated carbocycles. The minimum absolute atomic E-state index is 0.415. The van der Waals surface area contributed by atoms with Crippen LogP contribution in [0.25, 0.3) is 22.8 Å². The molecule has 5 aromatic rings. The Morgan fingerprint density at radius 3 is 1.65 bits per heavy atom. The number of aryl methyl sites for hydroxylation is 3. The molecule has 0 aliphatic carbocycles. The highest BCUT2D eigenvalue weighted by Gasteiger charge is 2.17. The number of hydrogen-bond donors (Lipinski definition) is 0. The first-order valence-corrected chi connectivity index (χ1v) is 16.3. The lowest BCUT2D eigenvalue weighted by molar-refractivity contribution is 0.0724. The Morgan fingerprint density at radius 1 is 0.625 bits per heavy atom. The summed E-state index contributed by atoms with van der Waals surface area (Å²) in [5.74, 6) is 2.44. The van der Waals surface area contributed by atoms with Crippen LogP contribution in [0.15, 0.2) is 89.5 Å². The van der Waals surface area contributed by atoms with Crippen LogP contribution < -0.4 is 18.9 Å². The standard InChI is InChI=1S/C40H41NO7/c1-6-8-20-44-31-14-18-35(27(4)22-31)39(42)46-30-12-10-29(11-13-30)37-25-41-38(48-37)34-17-16-33(24-26(34)3)47-40(43)36-19-15-32(23-28(36)5)45-21-9-7-2/h10-19,22-25H,6-9,20-21H2,1-5H3. The number of oxazole rings is 1. The second-order valence-corrected chi connectivity index (χ2v) is 11.7. The van der Waals surface area contributed by atoms with Gasteiger partial charge in [-0.2, -0.15) is 0 Å². The van der Waals surface area contributed by atoms with Crippen molar-refractivity contribution >= 4 is 11.9 Å². The predicted molar refractivity (Wildman–Crippen MR) is 185 cm³/mol. The van der Waals surface area contributed by atoms with E-state index in [9.17, 15) is 9.59 Å². The van der Waals surface area contributed by atoms with Crippen LogP contribution in [-0.4, -0.2) is 30.1 Å². The number of aromatic nitrogens is 1. The van der Waals surface area contributed by atoms with Gasteiger partial charge in [0.25, 0.3) is 0 Å². The molecule has 48 heavy (non-hydrogen) atoms. The summed E-state index contributed by atoms with van der Waals surface area (Å²) in [5, 5.41) is 0. The number of esters is 2. The third kappa shape index (κ3) is 8.50. The third-order valence-electron chi connectivity index (χ3n) is 7.86. The zero-order chi connectivity index (χ0) is 34.0. The summed E-state index contributed by atoms with van der Waals surface area (Å²) in [4.78, 5) is 30.3. The average Bonchev–Trinajstić information content (AvgIpc) is 3.55. The van der Waals surface area contributed by atoms with Crippen LogP contribution in [0.5, 0.6) is 23.0 Å². The lowest BCUT2D eigenvalue weighted by Gasteiger charge is -2.11. The third-order valence-corrected chi connectivity index (χ3v) is 7.86. The van der Waals surface area contributed by atoms with Gasteiger partial charge in [-0.15, -0.1) is 0 Å². The maximum Gasteiger partial charge on any atom is 0.343 e. The summed E-state index contributed by atoms with van der Waals surface area (Å²) in [6.45, 7) is 11.1. The molecule has 0 bridgehead atoms. The summed E-state index contributed by atoms with van der Waals surface area (Å²) in [6, 6.07) is 23.1. The van der Waals surface area contributed by atoms with Crippen LogP contribution in [0, 0.1) is 20.8 Å². The van der Waals surface area contributed by atoms with Gasteiger partial charge in [-0.25, -0.2) is 14.6 Å². The summed E-state index contributed by atoms with van der Waals surface area (Å²) >= 11 is 0. The van der Waals surface area contributed by atoms with E-state index < -0.39 is 11.9 Å². The van der Waals surface area contributed by atoms with Crippen molar-refractivity contribution in [2.75, 3.05) is 13.2 Å². The van der Waals surface area contributed by atoms with E-state index in [0.29, 0.717) is 47.5 Å². The van der Waals surface area contributed by atoms with Crippen molar-refractivity contribution < 1.29 is 33.0 Å². The van der Waals surface area contributed by atoms with Crippen LogP contribution >= 0.6 is 0 Å². The van der Waals surface area contributed by atoms with Gasteiger partial charge in [0.1, 0.15) is 23.0 Å². The maximum atomic E-state index is 12.9. The van der Waals surface area contributed by atoms with Gasteiger partial charge in [0.15, 0.2) is 5.76 Å². The summed E-state index contributed by atoms with van der Waals surface area (Å²) in [6.07, 6.45) is 5.72. The Morgan fingerprint density at radius 2 is 1.12 bits per heavy atom. The van der Waals surface area contributed by atoms with Gasteiger partial charge in [0, 0.05) is 11.1 Å². The molecule has 0 fully saturated rings. The van der Waals surface area contributed by atoms with Gasteiger partial charge in [0.2, 0.25) is 5.89 Å². The molecule has 0 aliphatic heterocycles. The number of carbonyl (C=O) groups is 2. The highest BCUT2D eigenvalue weighted by molar-refractivity contribution is 5.93. The Balaban J connectivity index is 1.20. The zero-order valence-electron chi connectivity index (χ0n) is 28.1. The average molecular weight is 648 g/mol. The minimum Gasteiger partial charge on any atom is -0.494 e. The van der Waals surface area contributed by atoms with E-state index in [1.807, 2.05) is 51.1 Å². The quantitative estimate of drug-likeness (QED) is 0.0668. The molecule has 1 aromatic heterocycles. The van der Waals surface area contributed by atoms with Crippen molar-refractivity contribution in [2.24, 2.45) is 0 Å². The van der Waals surface area contributed by atoms with Crippen molar-refractivity contribution in [3.63, 3.8) is 0 Å². The van der Waals surface area contributed by atoms with Crippen molar-refractivity contribution in [1.82, 2.24) is 4.98 Å². The van der Waals surface area contributed by atoms with Crippen molar-refractivity contribution in [3.8, 4) is 45.8 Å². The van der Waals surface area contributed by atoms with E-state index in [-0.39, 0.29) is 0 Å². The van der Waals surface area contributed by atoms with Crippen LogP contribution in [0.2, 0.25) is 0 Å². The molecule has 0 spiro atoms. The Hall–Kier alpha value is -5.37. The van der Waals surface area contributed by atoms with Gasteiger partial charge in [-0.05, 0) is 129 Å². The number of benzene rings is 4.